The van der Waals surface area contributed by atoms with Gasteiger partial charge in [0, 0.05) is 26.2 Å². The fourth-order valence-electron chi connectivity index (χ4n) is 3.38. The highest BCUT2D eigenvalue weighted by Crippen LogP contribution is 2.59. The van der Waals surface area contributed by atoms with Gasteiger partial charge in [0.15, 0.2) is 0 Å². The van der Waals surface area contributed by atoms with Crippen LogP contribution in [0.25, 0.3) is 0 Å². The number of nitrogens with zero attached hydrogens (tertiary/aromatic N) is 2. The van der Waals surface area contributed by atoms with Crippen molar-refractivity contribution < 1.29 is 4.57 Å². The maximum Gasteiger partial charge on any atom is 0.223 e. The second kappa shape index (κ2) is 8.36. The Morgan fingerprint density at radius 2 is 1.55 bits per heavy atom. The Kier molecular flexibility index (Phi) is 7.50. The summed E-state index contributed by atoms with van der Waals surface area (Å²) < 4.78 is 18.4. The minimum atomic E-state index is -2.50. The Balaban J connectivity index is 3.14. The molecule has 0 fully saturated rings. The zero-order valence-corrected chi connectivity index (χ0v) is 15.0. The van der Waals surface area contributed by atoms with E-state index in [1.165, 1.54) is 18.4 Å². The van der Waals surface area contributed by atoms with Crippen molar-refractivity contribution in [3.63, 3.8) is 0 Å². The quantitative estimate of drug-likeness (QED) is 0.477. The van der Waals surface area contributed by atoms with Gasteiger partial charge in [-0.3, -0.25) is 4.57 Å². The lowest BCUT2D eigenvalue weighted by Crippen LogP contribution is -2.37. The third-order valence-corrected chi connectivity index (χ3v) is 8.73. The molecule has 0 bridgehead atoms. The summed E-state index contributed by atoms with van der Waals surface area (Å²) in [4.78, 5) is 0. The molecule has 0 N–H and O–H groups in total. The minimum absolute atomic E-state index is 0.169. The first-order valence-electron chi connectivity index (χ1n) is 8.35. The van der Waals surface area contributed by atoms with Gasteiger partial charge < -0.3 is 0 Å². The smallest absolute Gasteiger partial charge is 0.223 e. The summed E-state index contributed by atoms with van der Waals surface area (Å²) >= 11 is 0. The van der Waals surface area contributed by atoms with E-state index < -0.39 is 7.44 Å². The molecular weight excluding hydrogens is 267 g/mol. The number of hydrogen-bond donors (Lipinski definition) is 0. The van der Waals surface area contributed by atoms with Gasteiger partial charge in [0.1, 0.15) is 0 Å². The molecule has 20 heavy (non-hydrogen) atoms. The van der Waals surface area contributed by atoms with Crippen LogP contribution in [-0.2, 0) is 4.57 Å². The standard InChI is InChI=1S/C16H33N2OP/c1-6-17(7-2)20(19,18(8-3)9-4)15(5)16-13-11-10-12-14-16/h13,15H,6-12,14H2,1-5H3. The van der Waals surface area contributed by atoms with E-state index in [-0.39, 0.29) is 5.66 Å². The van der Waals surface area contributed by atoms with Crippen LogP contribution in [0.15, 0.2) is 11.6 Å². The van der Waals surface area contributed by atoms with E-state index in [2.05, 4.69) is 50.0 Å². The van der Waals surface area contributed by atoms with E-state index in [0.29, 0.717) is 0 Å². The molecule has 0 saturated heterocycles. The van der Waals surface area contributed by atoms with Crippen LogP contribution in [0.3, 0.4) is 0 Å². The van der Waals surface area contributed by atoms with Gasteiger partial charge >= 0.3 is 0 Å². The normalized spacial score (nSPS) is 18.4. The number of allylic oxidation sites excluding steroid dienone is 2. The van der Waals surface area contributed by atoms with Crippen LogP contribution in [0.1, 0.15) is 60.3 Å². The second-order valence-corrected chi connectivity index (χ2v) is 8.65. The van der Waals surface area contributed by atoms with Gasteiger partial charge in [-0.1, -0.05) is 39.3 Å². The molecule has 0 aromatic heterocycles. The van der Waals surface area contributed by atoms with Crippen LogP contribution >= 0.6 is 7.44 Å². The average Bonchev–Trinajstić information content (AvgIpc) is 2.49. The molecular formula is C16H33N2OP. The summed E-state index contributed by atoms with van der Waals surface area (Å²) in [5, 5.41) is 0. The zero-order valence-electron chi connectivity index (χ0n) is 14.1. The van der Waals surface area contributed by atoms with E-state index >= 15 is 0 Å². The lowest BCUT2D eigenvalue weighted by molar-refractivity contribution is 0.353. The molecule has 1 aliphatic carbocycles. The average molecular weight is 300 g/mol. The molecule has 1 rings (SSSR count). The Bertz CT molecular complexity index is 343. The van der Waals surface area contributed by atoms with E-state index in [0.717, 1.165) is 39.0 Å². The maximum absolute atomic E-state index is 13.9. The van der Waals surface area contributed by atoms with Gasteiger partial charge in [-0.05, 0) is 32.6 Å². The third kappa shape index (κ3) is 3.55. The van der Waals surface area contributed by atoms with Gasteiger partial charge in [0.25, 0.3) is 0 Å². The zero-order chi connectivity index (χ0) is 15.2. The Labute approximate surface area is 125 Å². The summed E-state index contributed by atoms with van der Waals surface area (Å²) in [7, 11) is -2.50. The van der Waals surface area contributed by atoms with Crippen molar-refractivity contribution in [2.45, 2.75) is 66.0 Å². The lowest BCUT2D eigenvalue weighted by atomic mass is 9.98. The van der Waals surface area contributed by atoms with Gasteiger partial charge in [0.05, 0.1) is 5.66 Å². The third-order valence-electron chi connectivity index (χ3n) is 4.64. The van der Waals surface area contributed by atoms with E-state index in [4.69, 9.17) is 0 Å². The van der Waals surface area contributed by atoms with Crippen LogP contribution in [0.5, 0.6) is 0 Å². The highest BCUT2D eigenvalue weighted by Gasteiger charge is 2.41. The molecule has 3 nitrogen and oxygen atoms in total. The molecule has 1 unspecified atom stereocenters. The molecule has 0 heterocycles. The fraction of sp³-hybridized carbons (Fsp3) is 0.875. The van der Waals surface area contributed by atoms with Crippen molar-refractivity contribution >= 4 is 7.44 Å². The Hall–Kier alpha value is -0.110. The van der Waals surface area contributed by atoms with Gasteiger partial charge in [-0.15, -0.1) is 0 Å². The summed E-state index contributed by atoms with van der Waals surface area (Å²) in [6.07, 6.45) is 7.20. The monoisotopic (exact) mass is 300 g/mol. The highest BCUT2D eigenvalue weighted by atomic mass is 31.2. The molecule has 0 aromatic carbocycles. The SMILES string of the molecule is CCN(CC)P(=O)(C(C)C1=CCCCC1)N(CC)CC. The predicted molar refractivity (Wildman–Crippen MR) is 89.5 cm³/mol. The molecule has 0 amide bonds. The first kappa shape index (κ1) is 17.9. The second-order valence-electron chi connectivity index (χ2n) is 5.57. The van der Waals surface area contributed by atoms with E-state index in [9.17, 15) is 4.57 Å². The topological polar surface area (TPSA) is 23.6 Å². The fourth-order valence-corrected chi connectivity index (χ4v) is 7.01. The summed E-state index contributed by atoms with van der Waals surface area (Å²) in [6, 6.07) is 0. The van der Waals surface area contributed by atoms with Crippen LogP contribution < -0.4 is 0 Å². The van der Waals surface area contributed by atoms with Gasteiger partial charge in [-0.25, -0.2) is 9.34 Å². The van der Waals surface area contributed by atoms with Crippen LogP contribution in [0.4, 0.5) is 0 Å². The lowest BCUT2D eigenvalue weighted by Gasteiger charge is -2.42. The highest BCUT2D eigenvalue weighted by molar-refractivity contribution is 7.60. The van der Waals surface area contributed by atoms with Crippen LogP contribution in [-0.4, -0.2) is 41.2 Å². The molecule has 0 saturated carbocycles. The molecule has 1 atom stereocenters. The first-order chi connectivity index (χ1) is 9.55. The van der Waals surface area contributed by atoms with Crippen molar-refractivity contribution in [2.24, 2.45) is 0 Å². The minimum Gasteiger partial charge on any atom is -0.288 e. The summed E-state index contributed by atoms with van der Waals surface area (Å²) in [5.74, 6) is 0. The van der Waals surface area contributed by atoms with Crippen molar-refractivity contribution in [3.8, 4) is 0 Å². The molecule has 0 radical (unpaired) electrons. The summed E-state index contributed by atoms with van der Waals surface area (Å²) in [6.45, 7) is 14.1. The number of hydrogen-bond acceptors (Lipinski definition) is 1. The Morgan fingerprint density at radius 3 is 1.90 bits per heavy atom. The van der Waals surface area contributed by atoms with Crippen molar-refractivity contribution in [1.29, 1.82) is 0 Å². The molecule has 0 spiro atoms. The Morgan fingerprint density at radius 1 is 1.05 bits per heavy atom. The molecule has 0 aromatic rings. The summed E-state index contributed by atoms with van der Waals surface area (Å²) in [5.41, 5.74) is 1.60. The van der Waals surface area contributed by atoms with Crippen molar-refractivity contribution in [1.82, 2.24) is 9.34 Å². The van der Waals surface area contributed by atoms with E-state index in [1.54, 1.807) is 0 Å². The first-order valence-corrected chi connectivity index (χ1v) is 10.0. The van der Waals surface area contributed by atoms with Crippen LogP contribution in [0.2, 0.25) is 0 Å². The molecule has 0 aliphatic heterocycles. The molecule has 4 heteroatoms. The van der Waals surface area contributed by atoms with E-state index in [1.807, 2.05) is 0 Å². The molecule has 118 valence electrons. The van der Waals surface area contributed by atoms with Gasteiger partial charge in [-0.2, -0.15) is 0 Å². The molecule has 1 aliphatic rings. The largest absolute Gasteiger partial charge is 0.288 e. The van der Waals surface area contributed by atoms with Crippen LogP contribution in [0, 0.1) is 0 Å². The maximum atomic E-state index is 13.9. The van der Waals surface area contributed by atoms with Crippen molar-refractivity contribution in [2.75, 3.05) is 26.2 Å². The predicted octanol–water partition coefficient (Wildman–Crippen LogP) is 4.75. The van der Waals surface area contributed by atoms with Gasteiger partial charge in [0.2, 0.25) is 7.44 Å². The van der Waals surface area contributed by atoms with Crippen molar-refractivity contribution in [3.05, 3.63) is 11.6 Å². The number of rotatable bonds is 8.